The van der Waals surface area contributed by atoms with Crippen LogP contribution in [0.2, 0.25) is 0 Å². The molecule has 3 N–H and O–H groups in total. The topological polar surface area (TPSA) is 72.9 Å². The Morgan fingerprint density at radius 1 is 1.12 bits per heavy atom. The van der Waals surface area contributed by atoms with Crippen LogP contribution in [0.3, 0.4) is 0 Å². The van der Waals surface area contributed by atoms with Crippen molar-refractivity contribution in [3.63, 3.8) is 0 Å². The maximum atomic E-state index is 12.4. The Kier molecular flexibility index (Phi) is 4.08. The molecule has 3 rings (SSSR count). The van der Waals surface area contributed by atoms with Crippen molar-refractivity contribution in [2.45, 2.75) is 13.8 Å². The monoisotopic (exact) mass is 320 g/mol. The van der Waals surface area contributed by atoms with Crippen molar-refractivity contribution in [2.75, 3.05) is 11.1 Å². The summed E-state index contributed by atoms with van der Waals surface area (Å²) in [6.07, 6.45) is 1.73. The Bertz CT molecular complexity index is 960. The summed E-state index contributed by atoms with van der Waals surface area (Å²) < 4.78 is 1.53. The number of anilines is 3. The van der Waals surface area contributed by atoms with Crippen molar-refractivity contribution < 1.29 is 0 Å². The van der Waals surface area contributed by atoms with E-state index >= 15 is 0 Å². The number of hydrogen-bond acceptors (Lipinski definition) is 4. The van der Waals surface area contributed by atoms with E-state index in [-0.39, 0.29) is 5.56 Å². The SMILES string of the molecule is Cc1cccc(Nc2nc(-c3cccc(N)c3C)cn(C)c2=O)c1. The molecule has 0 radical (unpaired) electrons. The quantitative estimate of drug-likeness (QED) is 0.726. The molecule has 1 heterocycles. The largest absolute Gasteiger partial charge is 0.398 e. The van der Waals surface area contributed by atoms with Gasteiger partial charge in [0, 0.05) is 30.2 Å². The summed E-state index contributed by atoms with van der Waals surface area (Å²) in [6.45, 7) is 3.95. The minimum absolute atomic E-state index is 0.179. The lowest BCUT2D eigenvalue weighted by Gasteiger charge is -2.12. The maximum absolute atomic E-state index is 12.4. The summed E-state index contributed by atoms with van der Waals surface area (Å²) in [5.41, 5.74) is 11.0. The number of nitrogens with zero attached hydrogens (tertiary/aromatic N) is 2. The zero-order chi connectivity index (χ0) is 17.3. The van der Waals surface area contributed by atoms with E-state index in [0.717, 1.165) is 22.4 Å². The molecule has 0 fully saturated rings. The number of aromatic nitrogens is 2. The van der Waals surface area contributed by atoms with Gasteiger partial charge in [0.05, 0.1) is 5.69 Å². The van der Waals surface area contributed by atoms with Crippen LogP contribution in [0.5, 0.6) is 0 Å². The minimum Gasteiger partial charge on any atom is -0.398 e. The molecule has 24 heavy (non-hydrogen) atoms. The highest BCUT2D eigenvalue weighted by Crippen LogP contribution is 2.26. The van der Waals surface area contributed by atoms with Gasteiger partial charge < -0.3 is 15.6 Å². The van der Waals surface area contributed by atoms with E-state index in [1.807, 2.05) is 56.3 Å². The van der Waals surface area contributed by atoms with E-state index in [1.165, 1.54) is 4.57 Å². The van der Waals surface area contributed by atoms with Crippen LogP contribution in [0.15, 0.2) is 53.5 Å². The molecular formula is C19H20N4O. The van der Waals surface area contributed by atoms with Crippen molar-refractivity contribution in [2.24, 2.45) is 7.05 Å². The molecule has 5 nitrogen and oxygen atoms in total. The van der Waals surface area contributed by atoms with Crippen LogP contribution in [-0.2, 0) is 7.05 Å². The number of nitrogens with one attached hydrogen (secondary N) is 1. The zero-order valence-corrected chi connectivity index (χ0v) is 14.0. The molecule has 2 aromatic carbocycles. The summed E-state index contributed by atoms with van der Waals surface area (Å²) >= 11 is 0. The molecule has 0 aliphatic carbocycles. The van der Waals surface area contributed by atoms with Crippen molar-refractivity contribution >= 4 is 17.2 Å². The number of hydrogen-bond donors (Lipinski definition) is 2. The predicted molar refractivity (Wildman–Crippen MR) is 98.5 cm³/mol. The fourth-order valence-electron chi connectivity index (χ4n) is 2.61. The van der Waals surface area contributed by atoms with Crippen LogP contribution in [0, 0.1) is 13.8 Å². The van der Waals surface area contributed by atoms with Gasteiger partial charge in [-0.05, 0) is 43.2 Å². The Hall–Kier alpha value is -3.08. The van der Waals surface area contributed by atoms with Crippen molar-refractivity contribution in [1.82, 2.24) is 9.55 Å². The third-order valence-electron chi connectivity index (χ3n) is 4.00. The highest BCUT2D eigenvalue weighted by Gasteiger charge is 2.11. The van der Waals surface area contributed by atoms with Crippen LogP contribution < -0.4 is 16.6 Å². The number of aryl methyl sites for hydroxylation is 2. The lowest BCUT2D eigenvalue weighted by molar-refractivity contribution is 0.848. The second-order valence-corrected chi connectivity index (χ2v) is 5.91. The first-order valence-electron chi connectivity index (χ1n) is 7.72. The first-order valence-corrected chi connectivity index (χ1v) is 7.72. The second kappa shape index (κ2) is 6.20. The van der Waals surface area contributed by atoms with Gasteiger partial charge in [0.1, 0.15) is 0 Å². The fourth-order valence-corrected chi connectivity index (χ4v) is 2.61. The van der Waals surface area contributed by atoms with Gasteiger partial charge in [-0.25, -0.2) is 4.98 Å². The molecule has 0 spiro atoms. The van der Waals surface area contributed by atoms with Crippen LogP contribution in [-0.4, -0.2) is 9.55 Å². The van der Waals surface area contributed by atoms with E-state index in [1.54, 1.807) is 13.2 Å². The highest BCUT2D eigenvalue weighted by molar-refractivity contribution is 5.71. The molecule has 0 amide bonds. The van der Waals surface area contributed by atoms with Crippen LogP contribution in [0.1, 0.15) is 11.1 Å². The molecule has 3 aromatic rings. The molecule has 122 valence electrons. The van der Waals surface area contributed by atoms with Crippen molar-refractivity contribution in [3.05, 3.63) is 70.1 Å². The minimum atomic E-state index is -0.179. The second-order valence-electron chi connectivity index (χ2n) is 5.91. The molecule has 0 bridgehead atoms. The molecule has 1 aromatic heterocycles. The Morgan fingerprint density at radius 2 is 1.88 bits per heavy atom. The first kappa shape index (κ1) is 15.8. The molecule has 0 unspecified atom stereocenters. The van der Waals surface area contributed by atoms with Gasteiger partial charge in [0.15, 0.2) is 5.82 Å². The highest BCUT2D eigenvalue weighted by atomic mass is 16.1. The van der Waals surface area contributed by atoms with E-state index < -0.39 is 0 Å². The van der Waals surface area contributed by atoms with Gasteiger partial charge >= 0.3 is 0 Å². The van der Waals surface area contributed by atoms with Crippen molar-refractivity contribution in [3.8, 4) is 11.3 Å². The molecule has 0 atom stereocenters. The van der Waals surface area contributed by atoms with E-state index in [9.17, 15) is 4.79 Å². The third kappa shape index (κ3) is 3.01. The van der Waals surface area contributed by atoms with E-state index in [0.29, 0.717) is 17.2 Å². The first-order chi connectivity index (χ1) is 11.5. The van der Waals surface area contributed by atoms with Crippen molar-refractivity contribution in [1.29, 1.82) is 0 Å². The van der Waals surface area contributed by atoms with Gasteiger partial charge in [-0.15, -0.1) is 0 Å². The Labute approximate surface area is 140 Å². The van der Waals surface area contributed by atoms with Crippen LogP contribution in [0.4, 0.5) is 17.2 Å². The Morgan fingerprint density at radius 3 is 2.62 bits per heavy atom. The summed E-state index contributed by atoms with van der Waals surface area (Å²) in [5, 5.41) is 3.12. The van der Waals surface area contributed by atoms with Gasteiger partial charge in [-0.3, -0.25) is 4.79 Å². The van der Waals surface area contributed by atoms with E-state index in [2.05, 4.69) is 10.3 Å². The van der Waals surface area contributed by atoms with Crippen LogP contribution >= 0.6 is 0 Å². The van der Waals surface area contributed by atoms with Gasteiger partial charge in [-0.2, -0.15) is 0 Å². The lowest BCUT2D eigenvalue weighted by atomic mass is 10.0. The molecule has 0 saturated carbocycles. The van der Waals surface area contributed by atoms with E-state index in [4.69, 9.17) is 5.73 Å². The third-order valence-corrected chi connectivity index (χ3v) is 4.00. The summed E-state index contributed by atoms with van der Waals surface area (Å²) in [4.78, 5) is 16.9. The maximum Gasteiger partial charge on any atom is 0.293 e. The Balaban J connectivity index is 2.09. The predicted octanol–water partition coefficient (Wildman–Crippen LogP) is 3.39. The average Bonchev–Trinajstić information content (AvgIpc) is 2.54. The summed E-state index contributed by atoms with van der Waals surface area (Å²) in [7, 11) is 1.72. The van der Waals surface area contributed by atoms with Gasteiger partial charge in [-0.1, -0.05) is 24.3 Å². The number of rotatable bonds is 3. The number of nitrogen functional groups attached to an aromatic ring is 1. The zero-order valence-electron chi connectivity index (χ0n) is 14.0. The smallest absolute Gasteiger partial charge is 0.293 e. The lowest BCUT2D eigenvalue weighted by Crippen LogP contribution is -2.21. The number of benzene rings is 2. The van der Waals surface area contributed by atoms with Gasteiger partial charge in [0.25, 0.3) is 5.56 Å². The summed E-state index contributed by atoms with van der Waals surface area (Å²) in [6, 6.07) is 13.5. The molecule has 0 aliphatic heterocycles. The fraction of sp³-hybridized carbons (Fsp3) is 0.158. The van der Waals surface area contributed by atoms with Crippen LogP contribution in [0.25, 0.3) is 11.3 Å². The molecule has 0 aliphatic rings. The normalized spacial score (nSPS) is 10.6. The molecule has 0 saturated heterocycles. The summed E-state index contributed by atoms with van der Waals surface area (Å²) in [5.74, 6) is 0.294. The standard InChI is InChI=1S/C19H20N4O/c1-12-6-4-7-14(10-12)21-18-19(24)23(3)11-17(22-18)15-8-5-9-16(20)13(15)2/h4-11H,20H2,1-3H3,(H,21,22). The molecular weight excluding hydrogens is 300 g/mol. The average molecular weight is 320 g/mol. The number of nitrogens with two attached hydrogens (primary N) is 1. The molecule has 5 heteroatoms. The van der Waals surface area contributed by atoms with Gasteiger partial charge in [0.2, 0.25) is 0 Å².